The van der Waals surface area contributed by atoms with Gasteiger partial charge in [-0.1, -0.05) is 0 Å². The first kappa shape index (κ1) is 9.65. The van der Waals surface area contributed by atoms with Crippen LogP contribution < -0.4 is 0 Å². The third-order valence-electron chi connectivity index (χ3n) is 3.28. The van der Waals surface area contributed by atoms with Crippen molar-refractivity contribution in [3.63, 3.8) is 0 Å². The number of carbonyl (C=O) groups excluding carboxylic acids is 2. The lowest BCUT2D eigenvalue weighted by Gasteiger charge is -2.19. The van der Waals surface area contributed by atoms with Gasteiger partial charge in [-0.25, -0.2) is 0 Å². The fourth-order valence-electron chi connectivity index (χ4n) is 2.64. The van der Waals surface area contributed by atoms with E-state index in [1.807, 2.05) is 0 Å². The number of carbonyl (C=O) groups is 2. The van der Waals surface area contributed by atoms with Gasteiger partial charge in [-0.2, -0.15) is 0 Å². The van der Waals surface area contributed by atoms with Crippen molar-refractivity contribution in [1.82, 2.24) is 0 Å². The van der Waals surface area contributed by atoms with E-state index in [0.29, 0.717) is 11.5 Å². The van der Waals surface area contributed by atoms with Gasteiger partial charge in [0.05, 0.1) is 14.2 Å². The molecular weight excluding hydrogens is 216 g/mol. The Morgan fingerprint density at radius 2 is 1.38 bits per heavy atom. The largest absolute Gasteiger partial charge is 0.495 e. The Balaban J connectivity index is 2.06. The Bertz CT molecular complexity index is 376. The van der Waals surface area contributed by atoms with E-state index in [1.165, 1.54) is 14.2 Å². The predicted molar refractivity (Wildman–Crippen MR) is 47.8 cm³/mol. The van der Waals surface area contributed by atoms with Crippen molar-refractivity contribution >= 4 is 11.9 Å². The number of methoxy groups -OCH3 is 2. The second-order valence-corrected chi connectivity index (χ2v) is 3.91. The van der Waals surface area contributed by atoms with Crippen LogP contribution in [-0.4, -0.2) is 38.4 Å². The smallest absolute Gasteiger partial charge is 0.320 e. The number of fused-ring (bicyclic) bond motifs is 5. The molecule has 86 valence electrons. The maximum Gasteiger partial charge on any atom is 0.320 e. The number of rotatable bonds is 2. The van der Waals surface area contributed by atoms with Crippen LogP contribution >= 0.6 is 0 Å². The Hall–Kier alpha value is -1.56. The zero-order valence-electron chi connectivity index (χ0n) is 8.76. The van der Waals surface area contributed by atoms with Crippen LogP contribution in [0.1, 0.15) is 0 Å². The average molecular weight is 226 g/mol. The normalized spacial score (nSPS) is 40.1. The summed E-state index contributed by atoms with van der Waals surface area (Å²) in [5.74, 6) is -1.25. The molecule has 0 aromatic heterocycles. The molecule has 16 heavy (non-hydrogen) atoms. The molecule has 2 saturated heterocycles. The molecule has 3 aliphatic rings. The first-order valence-electron chi connectivity index (χ1n) is 4.92. The second kappa shape index (κ2) is 2.98. The number of cyclic esters (lactones) is 2. The van der Waals surface area contributed by atoms with Gasteiger partial charge in [0, 0.05) is 0 Å². The van der Waals surface area contributed by atoms with E-state index in [9.17, 15) is 9.59 Å². The van der Waals surface area contributed by atoms with Gasteiger partial charge in [0.25, 0.3) is 0 Å². The van der Waals surface area contributed by atoms with Gasteiger partial charge in [-0.15, -0.1) is 0 Å². The highest BCUT2D eigenvalue weighted by molar-refractivity contribution is 5.98. The molecule has 0 spiro atoms. The maximum absolute atomic E-state index is 11.5. The van der Waals surface area contributed by atoms with Crippen LogP contribution in [0.4, 0.5) is 0 Å². The molecular formula is C10H10O6. The Morgan fingerprint density at radius 1 is 0.938 bits per heavy atom. The lowest BCUT2D eigenvalue weighted by Crippen LogP contribution is -2.32. The number of hydrogen-bond acceptors (Lipinski definition) is 6. The van der Waals surface area contributed by atoms with Crippen LogP contribution in [0.15, 0.2) is 11.5 Å². The summed E-state index contributed by atoms with van der Waals surface area (Å²) >= 11 is 0. The first-order chi connectivity index (χ1) is 7.69. The van der Waals surface area contributed by atoms with Crippen LogP contribution in [0.3, 0.4) is 0 Å². The van der Waals surface area contributed by atoms with Gasteiger partial charge >= 0.3 is 11.9 Å². The lowest BCUT2D eigenvalue weighted by molar-refractivity contribution is -0.156. The van der Waals surface area contributed by atoms with Crippen LogP contribution in [0.25, 0.3) is 0 Å². The van der Waals surface area contributed by atoms with Gasteiger partial charge < -0.3 is 18.9 Å². The molecule has 3 rings (SSSR count). The first-order valence-corrected chi connectivity index (χ1v) is 4.92. The van der Waals surface area contributed by atoms with Crippen molar-refractivity contribution in [2.75, 3.05) is 14.2 Å². The van der Waals surface area contributed by atoms with Crippen molar-refractivity contribution in [3.05, 3.63) is 11.5 Å². The summed E-state index contributed by atoms with van der Waals surface area (Å²) in [5.41, 5.74) is 0. The molecule has 4 atom stereocenters. The van der Waals surface area contributed by atoms with Crippen molar-refractivity contribution in [2.45, 2.75) is 12.2 Å². The van der Waals surface area contributed by atoms with Crippen molar-refractivity contribution in [1.29, 1.82) is 0 Å². The van der Waals surface area contributed by atoms with Crippen molar-refractivity contribution in [3.8, 4) is 0 Å². The van der Waals surface area contributed by atoms with E-state index in [2.05, 4.69) is 4.74 Å². The minimum atomic E-state index is -0.577. The quantitative estimate of drug-likeness (QED) is 0.470. The van der Waals surface area contributed by atoms with Gasteiger partial charge in [0.15, 0.2) is 11.5 Å². The number of hydrogen-bond donors (Lipinski definition) is 0. The van der Waals surface area contributed by atoms with Crippen molar-refractivity contribution < 1.29 is 28.5 Å². The summed E-state index contributed by atoms with van der Waals surface area (Å²) < 4.78 is 20.4. The summed E-state index contributed by atoms with van der Waals surface area (Å²) in [6.45, 7) is 0. The molecule has 3 aliphatic heterocycles. The van der Waals surface area contributed by atoms with E-state index >= 15 is 0 Å². The predicted octanol–water partition coefficient (Wildman–Crippen LogP) is -0.412. The summed E-state index contributed by atoms with van der Waals surface area (Å²) in [6.07, 6.45) is -1.09. The second-order valence-electron chi connectivity index (χ2n) is 3.91. The van der Waals surface area contributed by atoms with Crippen LogP contribution in [0.5, 0.6) is 0 Å². The average Bonchev–Trinajstić information content (AvgIpc) is 2.88. The third kappa shape index (κ3) is 0.904. The standard InChI is InChI=1S/C10H10O6/c1-13-7-5-3-4(10(12)16-9(3)11)6(15-5)8(7)14-2/h3-6H,1-2H3/t3?,4?,5-,6+. The molecule has 0 amide bonds. The molecule has 6 heteroatoms. The van der Waals surface area contributed by atoms with Crippen molar-refractivity contribution in [2.24, 2.45) is 11.8 Å². The van der Waals surface area contributed by atoms with Crippen LogP contribution in [-0.2, 0) is 28.5 Å². The molecule has 3 heterocycles. The Labute approximate surface area is 91.1 Å². The highest BCUT2D eigenvalue weighted by atomic mass is 16.6. The van der Waals surface area contributed by atoms with E-state index in [0.717, 1.165) is 0 Å². The van der Waals surface area contributed by atoms with Crippen LogP contribution in [0, 0.1) is 11.8 Å². The monoisotopic (exact) mass is 226 g/mol. The summed E-state index contributed by atoms with van der Waals surface area (Å²) in [7, 11) is 2.96. The van der Waals surface area contributed by atoms with Gasteiger partial charge in [0.1, 0.15) is 24.0 Å². The zero-order valence-corrected chi connectivity index (χ0v) is 8.76. The van der Waals surface area contributed by atoms with Gasteiger partial charge in [-0.05, 0) is 0 Å². The zero-order chi connectivity index (χ0) is 11.4. The summed E-state index contributed by atoms with van der Waals surface area (Å²) in [5, 5.41) is 0. The van der Waals surface area contributed by atoms with Crippen LogP contribution in [0.2, 0.25) is 0 Å². The van der Waals surface area contributed by atoms with Gasteiger partial charge in [0.2, 0.25) is 0 Å². The summed E-state index contributed by atoms with van der Waals surface area (Å²) in [6, 6.07) is 0. The van der Waals surface area contributed by atoms with E-state index < -0.39 is 36.0 Å². The maximum atomic E-state index is 11.5. The SMILES string of the molecule is COC1=C(OC)[C@@H]2O[C@H]1C1C(=O)OC(=O)C12. The Morgan fingerprint density at radius 3 is 1.75 bits per heavy atom. The van der Waals surface area contributed by atoms with E-state index in [4.69, 9.17) is 14.2 Å². The third-order valence-corrected chi connectivity index (χ3v) is 3.28. The molecule has 0 N–H and O–H groups in total. The molecule has 0 radical (unpaired) electrons. The molecule has 0 aliphatic carbocycles. The lowest BCUT2D eigenvalue weighted by atomic mass is 9.83. The summed E-state index contributed by atoms with van der Waals surface area (Å²) in [4.78, 5) is 22.9. The minimum Gasteiger partial charge on any atom is -0.495 e. The number of esters is 2. The highest BCUT2D eigenvalue weighted by Gasteiger charge is 2.66. The molecule has 0 aromatic carbocycles. The molecule has 2 bridgehead atoms. The highest BCUT2D eigenvalue weighted by Crippen LogP contribution is 2.50. The van der Waals surface area contributed by atoms with Gasteiger partial charge in [-0.3, -0.25) is 9.59 Å². The number of ether oxygens (including phenoxy) is 4. The molecule has 0 aromatic rings. The Kier molecular flexibility index (Phi) is 1.79. The molecule has 0 saturated carbocycles. The molecule has 2 fully saturated rings. The van der Waals surface area contributed by atoms with E-state index in [1.54, 1.807) is 0 Å². The molecule has 6 nitrogen and oxygen atoms in total. The fourth-order valence-corrected chi connectivity index (χ4v) is 2.64. The van der Waals surface area contributed by atoms with E-state index in [-0.39, 0.29) is 0 Å². The minimum absolute atomic E-state index is 0.486. The topological polar surface area (TPSA) is 71.1 Å². The molecule has 2 unspecified atom stereocenters. The fraction of sp³-hybridized carbons (Fsp3) is 0.600.